The van der Waals surface area contributed by atoms with Gasteiger partial charge in [0.1, 0.15) is 5.76 Å². The highest BCUT2D eigenvalue weighted by Crippen LogP contribution is 2.22. The first-order chi connectivity index (χ1) is 12.0. The first-order valence-electron chi connectivity index (χ1n) is 8.52. The Morgan fingerprint density at radius 1 is 1.24 bits per heavy atom. The lowest BCUT2D eigenvalue weighted by Gasteiger charge is -2.30. The van der Waals surface area contributed by atoms with Crippen molar-refractivity contribution in [3.63, 3.8) is 0 Å². The topological polar surface area (TPSA) is 72.6 Å². The molecule has 0 bridgehead atoms. The summed E-state index contributed by atoms with van der Waals surface area (Å²) in [4.78, 5) is 30.4. The summed E-state index contributed by atoms with van der Waals surface area (Å²) in [7, 11) is 0. The number of carbonyl (C=O) groups excluding carboxylic acids is 2. The maximum Gasteiger partial charge on any atom is 0.361 e. The molecule has 0 atom stereocenters. The SMILES string of the molecule is Cc1oc(-c2ccccc2)nc1C(=O)OCC(=O)N1CCC(C)CC1. The molecule has 0 unspecified atom stereocenters. The molecule has 1 aliphatic rings. The van der Waals surface area contributed by atoms with E-state index in [-0.39, 0.29) is 18.2 Å². The first-order valence-corrected chi connectivity index (χ1v) is 8.52. The second kappa shape index (κ2) is 7.51. The molecule has 1 aliphatic heterocycles. The van der Waals surface area contributed by atoms with Crippen LogP contribution in [0, 0.1) is 12.8 Å². The van der Waals surface area contributed by atoms with Gasteiger partial charge in [0.25, 0.3) is 5.91 Å². The molecule has 2 aromatic rings. The lowest BCUT2D eigenvalue weighted by molar-refractivity contribution is -0.135. The van der Waals surface area contributed by atoms with Crippen molar-refractivity contribution in [2.24, 2.45) is 5.92 Å². The number of likely N-dealkylation sites (tertiary alicyclic amines) is 1. The molecule has 0 N–H and O–H groups in total. The molecule has 1 aromatic carbocycles. The van der Waals surface area contributed by atoms with Gasteiger partial charge in [0.15, 0.2) is 12.3 Å². The van der Waals surface area contributed by atoms with Gasteiger partial charge in [-0.05, 0) is 37.8 Å². The Hall–Kier alpha value is -2.63. The third-order valence-corrected chi connectivity index (χ3v) is 4.47. The number of aromatic nitrogens is 1. The van der Waals surface area contributed by atoms with Gasteiger partial charge in [-0.25, -0.2) is 9.78 Å². The fourth-order valence-corrected chi connectivity index (χ4v) is 2.83. The number of hydrogen-bond acceptors (Lipinski definition) is 5. The summed E-state index contributed by atoms with van der Waals surface area (Å²) in [6.45, 7) is 5.01. The van der Waals surface area contributed by atoms with E-state index < -0.39 is 5.97 Å². The predicted molar refractivity (Wildman–Crippen MR) is 91.9 cm³/mol. The second-order valence-electron chi connectivity index (χ2n) is 6.43. The van der Waals surface area contributed by atoms with Crippen LogP contribution < -0.4 is 0 Å². The quantitative estimate of drug-likeness (QED) is 0.799. The molecule has 1 aromatic heterocycles. The van der Waals surface area contributed by atoms with Crippen LogP contribution in [0.2, 0.25) is 0 Å². The molecule has 0 saturated carbocycles. The Morgan fingerprint density at radius 3 is 2.60 bits per heavy atom. The Kier molecular flexibility index (Phi) is 5.16. The van der Waals surface area contributed by atoms with Gasteiger partial charge in [0.05, 0.1) is 0 Å². The lowest BCUT2D eigenvalue weighted by atomic mass is 9.99. The minimum absolute atomic E-state index is 0.110. The number of aryl methyl sites for hydroxylation is 1. The van der Waals surface area contributed by atoms with Crippen molar-refractivity contribution in [1.29, 1.82) is 0 Å². The Balaban J connectivity index is 1.60. The highest BCUT2D eigenvalue weighted by Gasteiger charge is 2.24. The number of nitrogens with zero attached hydrogens (tertiary/aromatic N) is 2. The number of rotatable bonds is 4. The molecule has 2 heterocycles. The Morgan fingerprint density at radius 2 is 1.92 bits per heavy atom. The van der Waals surface area contributed by atoms with E-state index >= 15 is 0 Å². The maximum atomic E-state index is 12.2. The van der Waals surface area contributed by atoms with Crippen LogP contribution in [0.5, 0.6) is 0 Å². The number of amides is 1. The molecule has 6 nitrogen and oxygen atoms in total. The van der Waals surface area contributed by atoms with E-state index in [0.29, 0.717) is 17.6 Å². The summed E-state index contributed by atoms with van der Waals surface area (Å²) < 4.78 is 10.7. The minimum Gasteiger partial charge on any atom is -0.451 e. The van der Waals surface area contributed by atoms with E-state index in [0.717, 1.165) is 31.5 Å². The molecule has 0 radical (unpaired) electrons. The van der Waals surface area contributed by atoms with E-state index in [2.05, 4.69) is 11.9 Å². The zero-order valence-electron chi connectivity index (χ0n) is 14.5. The number of oxazole rings is 1. The molecule has 25 heavy (non-hydrogen) atoms. The number of benzene rings is 1. The third-order valence-electron chi connectivity index (χ3n) is 4.47. The molecule has 0 aliphatic carbocycles. The van der Waals surface area contributed by atoms with Gasteiger partial charge in [-0.3, -0.25) is 4.79 Å². The third kappa shape index (κ3) is 4.07. The van der Waals surface area contributed by atoms with Crippen molar-refractivity contribution in [3.8, 4) is 11.5 Å². The monoisotopic (exact) mass is 342 g/mol. The highest BCUT2D eigenvalue weighted by atomic mass is 16.5. The molecular formula is C19H22N2O4. The standard InChI is InChI=1S/C19H22N2O4/c1-13-8-10-21(11-9-13)16(22)12-24-19(23)17-14(2)25-18(20-17)15-6-4-3-5-7-15/h3-7,13H,8-12H2,1-2H3. The molecular weight excluding hydrogens is 320 g/mol. The van der Waals surface area contributed by atoms with Crippen LogP contribution in [-0.4, -0.2) is 41.5 Å². The second-order valence-corrected chi connectivity index (χ2v) is 6.43. The van der Waals surface area contributed by atoms with Gasteiger partial charge in [-0.2, -0.15) is 0 Å². The molecule has 1 fully saturated rings. The number of esters is 1. The first kappa shape index (κ1) is 17.2. The van der Waals surface area contributed by atoms with Crippen LogP contribution in [0.3, 0.4) is 0 Å². The summed E-state index contributed by atoms with van der Waals surface area (Å²) in [5.41, 5.74) is 0.891. The van der Waals surface area contributed by atoms with E-state index in [1.165, 1.54) is 0 Å². The van der Waals surface area contributed by atoms with Gasteiger partial charge < -0.3 is 14.1 Å². The van der Waals surface area contributed by atoms with Crippen molar-refractivity contribution < 1.29 is 18.7 Å². The van der Waals surface area contributed by atoms with E-state index in [9.17, 15) is 9.59 Å². The summed E-state index contributed by atoms with van der Waals surface area (Å²) in [6.07, 6.45) is 1.98. The number of carbonyl (C=O) groups is 2. The molecule has 3 rings (SSSR count). The van der Waals surface area contributed by atoms with Gasteiger partial charge in [-0.1, -0.05) is 25.1 Å². The fraction of sp³-hybridized carbons (Fsp3) is 0.421. The van der Waals surface area contributed by atoms with Gasteiger partial charge in [0.2, 0.25) is 5.89 Å². The van der Waals surface area contributed by atoms with Crippen LogP contribution in [0.4, 0.5) is 0 Å². The zero-order chi connectivity index (χ0) is 17.8. The van der Waals surface area contributed by atoms with Crippen LogP contribution in [0.1, 0.15) is 36.0 Å². The molecule has 6 heteroatoms. The van der Waals surface area contributed by atoms with Crippen LogP contribution in [0.25, 0.3) is 11.5 Å². The molecule has 1 saturated heterocycles. The minimum atomic E-state index is -0.637. The highest BCUT2D eigenvalue weighted by molar-refractivity contribution is 5.90. The fourth-order valence-electron chi connectivity index (χ4n) is 2.83. The smallest absolute Gasteiger partial charge is 0.361 e. The average Bonchev–Trinajstić information content (AvgIpc) is 3.02. The average molecular weight is 342 g/mol. The molecule has 1 amide bonds. The maximum absolute atomic E-state index is 12.2. The van der Waals surface area contributed by atoms with Crippen molar-refractivity contribution in [1.82, 2.24) is 9.88 Å². The molecule has 0 spiro atoms. The largest absolute Gasteiger partial charge is 0.451 e. The number of ether oxygens (including phenoxy) is 1. The summed E-state index contributed by atoms with van der Waals surface area (Å²) in [6, 6.07) is 9.32. The van der Waals surface area contributed by atoms with Crippen LogP contribution in [0.15, 0.2) is 34.7 Å². The lowest BCUT2D eigenvalue weighted by Crippen LogP contribution is -2.40. The van der Waals surface area contributed by atoms with Crippen LogP contribution >= 0.6 is 0 Å². The van der Waals surface area contributed by atoms with E-state index in [1.807, 2.05) is 30.3 Å². The van der Waals surface area contributed by atoms with Gasteiger partial charge in [-0.15, -0.1) is 0 Å². The Labute approximate surface area is 146 Å². The van der Waals surface area contributed by atoms with E-state index in [4.69, 9.17) is 9.15 Å². The van der Waals surface area contributed by atoms with Crippen molar-refractivity contribution >= 4 is 11.9 Å². The van der Waals surface area contributed by atoms with Gasteiger partial charge >= 0.3 is 5.97 Å². The normalized spacial score (nSPS) is 15.2. The van der Waals surface area contributed by atoms with E-state index in [1.54, 1.807) is 11.8 Å². The van der Waals surface area contributed by atoms with Crippen LogP contribution in [-0.2, 0) is 9.53 Å². The van der Waals surface area contributed by atoms with Crippen molar-refractivity contribution in [2.75, 3.05) is 19.7 Å². The predicted octanol–water partition coefficient (Wildman–Crippen LogP) is 3.07. The number of piperidine rings is 1. The summed E-state index contributed by atoms with van der Waals surface area (Å²) >= 11 is 0. The Bertz CT molecular complexity index is 746. The molecule has 132 valence electrons. The summed E-state index contributed by atoms with van der Waals surface area (Å²) in [5.74, 6) is 0.581. The summed E-state index contributed by atoms with van der Waals surface area (Å²) in [5, 5.41) is 0. The van der Waals surface area contributed by atoms with Crippen molar-refractivity contribution in [3.05, 3.63) is 41.8 Å². The van der Waals surface area contributed by atoms with Gasteiger partial charge in [0, 0.05) is 18.7 Å². The number of hydrogen-bond donors (Lipinski definition) is 0. The van der Waals surface area contributed by atoms with Crippen molar-refractivity contribution in [2.45, 2.75) is 26.7 Å². The zero-order valence-corrected chi connectivity index (χ0v) is 14.5.